The summed E-state index contributed by atoms with van der Waals surface area (Å²) >= 11 is 0. The van der Waals surface area contributed by atoms with Gasteiger partial charge in [0.05, 0.1) is 0 Å². The normalized spacial score (nSPS) is 11.9. The van der Waals surface area contributed by atoms with Crippen molar-refractivity contribution in [1.29, 1.82) is 0 Å². The highest BCUT2D eigenvalue weighted by Crippen LogP contribution is 2.29. The van der Waals surface area contributed by atoms with E-state index in [1.807, 2.05) is 64.1 Å². The molecule has 0 aliphatic heterocycles. The summed E-state index contributed by atoms with van der Waals surface area (Å²) < 4.78 is 5.24. The van der Waals surface area contributed by atoms with Crippen molar-refractivity contribution >= 4 is 23.6 Å². The van der Waals surface area contributed by atoms with E-state index in [4.69, 9.17) is 4.74 Å². The van der Waals surface area contributed by atoms with Crippen molar-refractivity contribution in [2.45, 2.75) is 60.1 Å². The number of carbonyl (C=O) groups is 3. The molecule has 188 valence electrons. The van der Waals surface area contributed by atoms with Gasteiger partial charge in [-0.3, -0.25) is 9.59 Å². The van der Waals surface area contributed by atoms with E-state index in [0.717, 1.165) is 22.3 Å². The molecule has 1 atom stereocenters. The third kappa shape index (κ3) is 7.44. The summed E-state index contributed by atoms with van der Waals surface area (Å²) in [5.41, 5.74) is 4.49. The van der Waals surface area contributed by atoms with Crippen LogP contribution in [-0.4, -0.2) is 41.5 Å². The first kappa shape index (κ1) is 27.6. The van der Waals surface area contributed by atoms with Crippen molar-refractivity contribution in [3.63, 3.8) is 0 Å². The highest BCUT2D eigenvalue weighted by atomic mass is 16.6. The van der Waals surface area contributed by atoms with Crippen LogP contribution in [0.4, 0.5) is 10.5 Å². The van der Waals surface area contributed by atoms with E-state index in [1.165, 1.54) is 4.90 Å². The molecule has 0 spiro atoms. The first-order valence-corrected chi connectivity index (χ1v) is 11.7. The Bertz CT molecular complexity index is 1080. The molecule has 2 rings (SSSR count). The second kappa shape index (κ2) is 11.7. The molecule has 1 unspecified atom stereocenters. The van der Waals surface area contributed by atoms with Crippen LogP contribution in [0.3, 0.4) is 0 Å². The molecule has 35 heavy (non-hydrogen) atoms. The van der Waals surface area contributed by atoms with Crippen LogP contribution in [0.15, 0.2) is 49.1 Å². The number of rotatable bonds is 8. The van der Waals surface area contributed by atoms with Gasteiger partial charge in [0.1, 0.15) is 18.2 Å². The number of nitrogens with zero attached hydrogens (tertiary/aromatic N) is 1. The van der Waals surface area contributed by atoms with Crippen LogP contribution in [0.25, 0.3) is 0 Å². The van der Waals surface area contributed by atoms with Crippen LogP contribution >= 0.6 is 0 Å². The number of nitrogens with one attached hydrogen (secondary N) is 2. The number of ether oxygens (including phenoxy) is 1. The van der Waals surface area contributed by atoms with Crippen molar-refractivity contribution in [2.24, 2.45) is 0 Å². The van der Waals surface area contributed by atoms with Crippen LogP contribution in [0.1, 0.15) is 54.6 Å². The smallest absolute Gasteiger partial charge is 0.408 e. The van der Waals surface area contributed by atoms with Crippen LogP contribution in [0, 0.1) is 27.7 Å². The van der Waals surface area contributed by atoms with E-state index < -0.39 is 23.6 Å². The van der Waals surface area contributed by atoms with Crippen molar-refractivity contribution in [3.8, 4) is 0 Å². The van der Waals surface area contributed by atoms with Crippen LogP contribution in [0.2, 0.25) is 0 Å². The van der Waals surface area contributed by atoms with E-state index in [9.17, 15) is 14.4 Å². The van der Waals surface area contributed by atoms with Gasteiger partial charge in [0, 0.05) is 12.2 Å². The Morgan fingerprint density at radius 1 is 1.00 bits per heavy atom. The molecular formula is C28H37N3O4. The zero-order valence-electron chi connectivity index (χ0n) is 21.8. The van der Waals surface area contributed by atoms with Gasteiger partial charge in [-0.25, -0.2) is 4.79 Å². The molecule has 0 fully saturated rings. The minimum atomic E-state index is -0.931. The lowest BCUT2D eigenvalue weighted by Crippen LogP contribution is -2.46. The number of hydrogen-bond acceptors (Lipinski definition) is 4. The van der Waals surface area contributed by atoms with Crippen LogP contribution in [0.5, 0.6) is 0 Å². The fourth-order valence-electron chi connectivity index (χ4n) is 3.78. The lowest BCUT2D eigenvalue weighted by Gasteiger charge is -2.32. The van der Waals surface area contributed by atoms with Crippen molar-refractivity contribution in [1.82, 2.24) is 10.2 Å². The standard InChI is InChI=1S/C28H37N3O4/c1-9-16-31(23(32)17-29-27(34)35-28(6,7)8)25(22-15-11-12-18(2)21(22)5)26(33)30-24-19(3)13-10-14-20(24)4/h9-15,25H,1,16-17H2,2-8H3,(H,29,34)(H,30,33). The number of carbonyl (C=O) groups excluding carboxylic acids is 3. The number of aryl methyl sites for hydroxylation is 3. The Morgan fingerprint density at radius 3 is 2.14 bits per heavy atom. The summed E-state index contributed by atoms with van der Waals surface area (Å²) in [5, 5.41) is 5.53. The molecule has 2 aromatic carbocycles. The van der Waals surface area contributed by atoms with Gasteiger partial charge >= 0.3 is 6.09 Å². The number of hydrogen-bond donors (Lipinski definition) is 2. The number of para-hydroxylation sites is 1. The largest absolute Gasteiger partial charge is 0.444 e. The first-order valence-electron chi connectivity index (χ1n) is 11.7. The predicted molar refractivity (Wildman–Crippen MR) is 139 cm³/mol. The zero-order valence-corrected chi connectivity index (χ0v) is 21.8. The van der Waals surface area contributed by atoms with Crippen molar-refractivity contribution in [2.75, 3.05) is 18.4 Å². The lowest BCUT2D eigenvalue weighted by atomic mass is 9.95. The molecule has 0 bridgehead atoms. The summed E-state index contributed by atoms with van der Waals surface area (Å²) in [6.07, 6.45) is 0.864. The topological polar surface area (TPSA) is 87.7 Å². The van der Waals surface area contributed by atoms with E-state index in [0.29, 0.717) is 11.3 Å². The minimum absolute atomic E-state index is 0.118. The highest BCUT2D eigenvalue weighted by Gasteiger charge is 2.33. The van der Waals surface area contributed by atoms with Gasteiger partial charge in [-0.1, -0.05) is 42.5 Å². The van der Waals surface area contributed by atoms with Gasteiger partial charge in [0.25, 0.3) is 5.91 Å². The molecule has 0 aromatic heterocycles. The van der Waals surface area contributed by atoms with Gasteiger partial charge < -0.3 is 20.3 Å². The SMILES string of the molecule is C=CCN(C(=O)CNC(=O)OC(C)(C)C)C(C(=O)Nc1c(C)cccc1C)c1cccc(C)c1C. The van der Waals surface area contributed by atoms with Gasteiger partial charge in [-0.05, 0) is 76.3 Å². The molecule has 0 aliphatic carbocycles. The summed E-state index contributed by atoms with van der Waals surface area (Å²) in [6, 6.07) is 10.5. The fraction of sp³-hybridized carbons (Fsp3) is 0.393. The molecule has 0 aliphatic rings. The van der Waals surface area contributed by atoms with Gasteiger partial charge in [0.15, 0.2) is 0 Å². The maximum Gasteiger partial charge on any atom is 0.408 e. The maximum atomic E-state index is 13.8. The summed E-state index contributed by atoms with van der Waals surface area (Å²) in [5.74, 6) is -0.776. The maximum absolute atomic E-state index is 13.8. The van der Waals surface area contributed by atoms with E-state index >= 15 is 0 Å². The fourth-order valence-corrected chi connectivity index (χ4v) is 3.78. The monoisotopic (exact) mass is 479 g/mol. The lowest BCUT2D eigenvalue weighted by molar-refractivity contribution is -0.137. The minimum Gasteiger partial charge on any atom is -0.444 e. The molecule has 0 radical (unpaired) electrons. The van der Waals surface area contributed by atoms with Crippen LogP contribution in [-0.2, 0) is 14.3 Å². The second-order valence-electron chi connectivity index (χ2n) is 9.64. The quantitative estimate of drug-likeness (QED) is 0.513. The second-order valence-corrected chi connectivity index (χ2v) is 9.64. The molecular weight excluding hydrogens is 442 g/mol. The Morgan fingerprint density at radius 2 is 1.57 bits per heavy atom. The highest BCUT2D eigenvalue weighted by molar-refractivity contribution is 5.99. The first-order chi connectivity index (χ1) is 16.4. The Balaban J connectivity index is 2.44. The number of anilines is 1. The molecule has 0 heterocycles. The van der Waals surface area contributed by atoms with E-state index in [2.05, 4.69) is 17.2 Å². The molecule has 2 N–H and O–H groups in total. The third-order valence-corrected chi connectivity index (χ3v) is 5.66. The van der Waals surface area contributed by atoms with Crippen molar-refractivity contribution in [3.05, 3.63) is 76.9 Å². The number of amides is 3. The summed E-state index contributed by atoms with van der Waals surface area (Å²) in [4.78, 5) is 40.7. The average molecular weight is 480 g/mol. The van der Waals surface area contributed by atoms with Gasteiger partial charge in [-0.15, -0.1) is 6.58 Å². The molecule has 0 saturated heterocycles. The van der Waals surface area contributed by atoms with E-state index in [-0.39, 0.29) is 19.0 Å². The molecule has 7 heteroatoms. The predicted octanol–water partition coefficient (Wildman–Crippen LogP) is 5.14. The van der Waals surface area contributed by atoms with Gasteiger partial charge in [-0.2, -0.15) is 0 Å². The Kier molecular flexibility index (Phi) is 9.23. The average Bonchev–Trinajstić information content (AvgIpc) is 2.76. The molecule has 7 nitrogen and oxygen atoms in total. The number of benzene rings is 2. The van der Waals surface area contributed by atoms with E-state index in [1.54, 1.807) is 26.8 Å². The van der Waals surface area contributed by atoms with Crippen molar-refractivity contribution < 1.29 is 19.1 Å². The van der Waals surface area contributed by atoms with Gasteiger partial charge in [0.2, 0.25) is 5.91 Å². The summed E-state index contributed by atoms with van der Waals surface area (Å²) in [6.45, 7) is 16.5. The zero-order chi connectivity index (χ0) is 26.3. The van der Waals surface area contributed by atoms with Crippen LogP contribution < -0.4 is 10.6 Å². The number of alkyl carbamates (subject to hydrolysis) is 1. The Labute approximate surface area is 208 Å². The Hall–Kier alpha value is -3.61. The molecule has 2 aromatic rings. The molecule has 0 saturated carbocycles. The third-order valence-electron chi connectivity index (χ3n) is 5.66. The molecule has 3 amide bonds. The summed E-state index contributed by atoms with van der Waals surface area (Å²) in [7, 11) is 0.